The Morgan fingerprint density at radius 2 is 2.12 bits per heavy atom. The molecule has 3 nitrogen and oxygen atoms in total. The van der Waals surface area contributed by atoms with Gasteiger partial charge in [-0.25, -0.2) is 0 Å². The normalized spacial score (nSPS) is 13.6. The fraction of sp³-hybridized carbons (Fsp3) is 0.357. The minimum atomic E-state index is 0.276. The predicted molar refractivity (Wildman–Crippen MR) is 71.9 cm³/mol. The van der Waals surface area contributed by atoms with Crippen LogP contribution < -0.4 is 0 Å². The molecule has 90 valence electrons. The lowest BCUT2D eigenvalue weighted by molar-refractivity contribution is 0.434. The second kappa shape index (κ2) is 4.62. The quantitative estimate of drug-likeness (QED) is 0.808. The summed E-state index contributed by atoms with van der Waals surface area (Å²) in [6.45, 7) is 4.17. The number of hydrogen-bond donors (Lipinski definition) is 1. The van der Waals surface area contributed by atoms with Crippen LogP contribution in [-0.4, -0.2) is 21.9 Å². The molecule has 2 rings (SSSR count). The first-order valence-corrected chi connectivity index (χ1v) is 5.94. The average Bonchev–Trinajstić information content (AvgIpc) is 2.60. The van der Waals surface area contributed by atoms with E-state index in [1.807, 2.05) is 31.3 Å². The highest BCUT2D eigenvalue weighted by Gasteiger charge is 2.11. The second-order valence-corrected chi connectivity index (χ2v) is 4.35. The molecule has 1 N–H and O–H groups in total. The highest BCUT2D eigenvalue weighted by atomic mass is 16.3. The standard InChI is InChI=1S/C14H18N2O/c1-4-10(2)15-9-12-11-7-5-6-8-13(11)16(3)14(12)17/h5-10,17H,4H2,1-3H3. The Kier molecular flexibility index (Phi) is 3.18. The monoisotopic (exact) mass is 230 g/mol. The van der Waals surface area contributed by atoms with Crippen LogP contribution in [0.2, 0.25) is 0 Å². The van der Waals surface area contributed by atoms with Crippen molar-refractivity contribution in [2.75, 3.05) is 0 Å². The second-order valence-electron chi connectivity index (χ2n) is 4.35. The van der Waals surface area contributed by atoms with Gasteiger partial charge in [0.05, 0.1) is 11.1 Å². The maximum atomic E-state index is 10.1. The molecular weight excluding hydrogens is 212 g/mol. The summed E-state index contributed by atoms with van der Waals surface area (Å²) in [5, 5.41) is 11.1. The zero-order valence-electron chi connectivity index (χ0n) is 10.5. The van der Waals surface area contributed by atoms with E-state index in [1.54, 1.807) is 10.8 Å². The molecule has 0 bridgehead atoms. The van der Waals surface area contributed by atoms with Gasteiger partial charge in [0.1, 0.15) is 0 Å². The first-order valence-electron chi connectivity index (χ1n) is 5.94. The van der Waals surface area contributed by atoms with Gasteiger partial charge in [0, 0.05) is 24.7 Å². The van der Waals surface area contributed by atoms with E-state index in [-0.39, 0.29) is 11.9 Å². The molecule has 2 aromatic rings. The summed E-state index contributed by atoms with van der Waals surface area (Å²) >= 11 is 0. The van der Waals surface area contributed by atoms with E-state index in [2.05, 4.69) is 18.8 Å². The fourth-order valence-electron chi connectivity index (χ4n) is 1.84. The van der Waals surface area contributed by atoms with E-state index in [0.717, 1.165) is 22.9 Å². The van der Waals surface area contributed by atoms with E-state index in [9.17, 15) is 5.11 Å². The average molecular weight is 230 g/mol. The molecule has 0 spiro atoms. The molecule has 1 atom stereocenters. The lowest BCUT2D eigenvalue weighted by Gasteiger charge is -2.00. The first-order chi connectivity index (χ1) is 8.15. The number of para-hydroxylation sites is 1. The van der Waals surface area contributed by atoms with Gasteiger partial charge in [-0.15, -0.1) is 0 Å². The largest absolute Gasteiger partial charge is 0.494 e. The molecule has 0 aliphatic heterocycles. The number of benzene rings is 1. The molecule has 0 radical (unpaired) electrons. The van der Waals surface area contributed by atoms with Gasteiger partial charge in [-0.05, 0) is 19.4 Å². The summed E-state index contributed by atoms with van der Waals surface area (Å²) in [7, 11) is 1.86. The summed E-state index contributed by atoms with van der Waals surface area (Å²) in [5.74, 6) is 0.276. The third-order valence-corrected chi connectivity index (χ3v) is 3.16. The predicted octanol–water partition coefficient (Wildman–Crippen LogP) is 3.10. The highest BCUT2D eigenvalue weighted by molar-refractivity contribution is 6.02. The minimum absolute atomic E-state index is 0.276. The first kappa shape index (κ1) is 11.7. The van der Waals surface area contributed by atoms with Crippen molar-refractivity contribution >= 4 is 17.1 Å². The van der Waals surface area contributed by atoms with E-state index in [0.29, 0.717) is 0 Å². The van der Waals surface area contributed by atoms with Crippen molar-refractivity contribution in [1.82, 2.24) is 4.57 Å². The molecular formula is C14H18N2O. The molecule has 0 fully saturated rings. The summed E-state index contributed by atoms with van der Waals surface area (Å²) in [4.78, 5) is 4.44. The number of rotatable bonds is 3. The number of nitrogens with zero attached hydrogens (tertiary/aromatic N) is 2. The molecule has 0 saturated heterocycles. The molecule has 1 aromatic carbocycles. The smallest absolute Gasteiger partial charge is 0.200 e. The fourth-order valence-corrected chi connectivity index (χ4v) is 1.84. The van der Waals surface area contributed by atoms with Crippen molar-refractivity contribution in [3.05, 3.63) is 29.8 Å². The maximum absolute atomic E-state index is 10.1. The topological polar surface area (TPSA) is 37.5 Å². The lowest BCUT2D eigenvalue weighted by Crippen LogP contribution is -1.95. The van der Waals surface area contributed by atoms with Crippen LogP contribution in [0.5, 0.6) is 5.88 Å². The van der Waals surface area contributed by atoms with Crippen LogP contribution in [0.3, 0.4) is 0 Å². The van der Waals surface area contributed by atoms with Gasteiger partial charge >= 0.3 is 0 Å². The Balaban J connectivity index is 2.53. The number of aromatic nitrogens is 1. The van der Waals surface area contributed by atoms with Crippen LogP contribution in [0.1, 0.15) is 25.8 Å². The maximum Gasteiger partial charge on any atom is 0.200 e. The molecule has 0 saturated carbocycles. The third-order valence-electron chi connectivity index (χ3n) is 3.16. The van der Waals surface area contributed by atoms with Crippen molar-refractivity contribution in [2.45, 2.75) is 26.3 Å². The van der Waals surface area contributed by atoms with Gasteiger partial charge in [0.15, 0.2) is 0 Å². The molecule has 0 amide bonds. The molecule has 1 unspecified atom stereocenters. The van der Waals surface area contributed by atoms with Crippen LogP contribution in [0.15, 0.2) is 29.3 Å². The summed E-state index contributed by atoms with van der Waals surface area (Å²) in [5.41, 5.74) is 1.83. The van der Waals surface area contributed by atoms with Crippen LogP contribution >= 0.6 is 0 Å². The van der Waals surface area contributed by atoms with Gasteiger partial charge in [0.2, 0.25) is 5.88 Å². The van der Waals surface area contributed by atoms with Crippen molar-refractivity contribution in [3.8, 4) is 5.88 Å². The van der Waals surface area contributed by atoms with Crippen molar-refractivity contribution in [3.63, 3.8) is 0 Å². The van der Waals surface area contributed by atoms with Gasteiger partial charge < -0.3 is 9.67 Å². The highest BCUT2D eigenvalue weighted by Crippen LogP contribution is 2.28. The van der Waals surface area contributed by atoms with Crippen molar-refractivity contribution in [1.29, 1.82) is 0 Å². The number of hydrogen-bond acceptors (Lipinski definition) is 2. The molecule has 3 heteroatoms. The van der Waals surface area contributed by atoms with Crippen molar-refractivity contribution < 1.29 is 5.11 Å². The van der Waals surface area contributed by atoms with Crippen molar-refractivity contribution in [2.24, 2.45) is 12.0 Å². The van der Waals surface area contributed by atoms with E-state index in [1.165, 1.54) is 0 Å². The van der Waals surface area contributed by atoms with Gasteiger partial charge in [0.25, 0.3) is 0 Å². The molecule has 0 aliphatic rings. The SMILES string of the molecule is CCC(C)N=Cc1c(O)n(C)c2ccccc12. The Hall–Kier alpha value is -1.77. The van der Waals surface area contributed by atoms with Gasteiger partial charge in [-0.3, -0.25) is 4.99 Å². The van der Waals surface area contributed by atoms with Crippen LogP contribution in [0, 0.1) is 0 Å². The Labute approximate surface area is 101 Å². The van der Waals surface area contributed by atoms with Gasteiger partial charge in [-0.2, -0.15) is 0 Å². The number of aliphatic imine (C=N–C) groups is 1. The Morgan fingerprint density at radius 3 is 2.82 bits per heavy atom. The number of fused-ring (bicyclic) bond motifs is 1. The van der Waals surface area contributed by atoms with Crippen LogP contribution in [0.4, 0.5) is 0 Å². The molecule has 1 aromatic heterocycles. The third kappa shape index (κ3) is 2.05. The number of aryl methyl sites for hydroxylation is 1. The zero-order valence-corrected chi connectivity index (χ0v) is 10.5. The summed E-state index contributed by atoms with van der Waals surface area (Å²) < 4.78 is 1.79. The molecule has 1 heterocycles. The van der Waals surface area contributed by atoms with E-state index in [4.69, 9.17) is 0 Å². The Morgan fingerprint density at radius 1 is 1.41 bits per heavy atom. The van der Waals surface area contributed by atoms with Crippen LogP contribution in [0.25, 0.3) is 10.9 Å². The minimum Gasteiger partial charge on any atom is -0.494 e. The van der Waals surface area contributed by atoms with E-state index >= 15 is 0 Å². The number of aromatic hydroxyl groups is 1. The zero-order chi connectivity index (χ0) is 12.4. The van der Waals surface area contributed by atoms with Gasteiger partial charge in [-0.1, -0.05) is 25.1 Å². The molecule has 17 heavy (non-hydrogen) atoms. The Bertz CT molecular complexity index is 555. The summed E-state index contributed by atoms with van der Waals surface area (Å²) in [6.07, 6.45) is 2.79. The molecule has 0 aliphatic carbocycles. The summed E-state index contributed by atoms with van der Waals surface area (Å²) in [6, 6.07) is 8.23. The lowest BCUT2D eigenvalue weighted by atomic mass is 10.2. The van der Waals surface area contributed by atoms with E-state index < -0.39 is 0 Å². The van der Waals surface area contributed by atoms with Crippen LogP contribution in [-0.2, 0) is 7.05 Å².